The Bertz CT molecular complexity index is 433. The Morgan fingerprint density at radius 3 is 2.87 bits per heavy atom. The second-order valence-corrected chi connectivity index (χ2v) is 3.36. The molecule has 2 rings (SSSR count). The van der Waals surface area contributed by atoms with Crippen molar-refractivity contribution < 1.29 is 0 Å². The van der Waals surface area contributed by atoms with E-state index in [0.29, 0.717) is 0 Å². The van der Waals surface area contributed by atoms with Crippen molar-refractivity contribution in [3.63, 3.8) is 0 Å². The van der Waals surface area contributed by atoms with Gasteiger partial charge in [-0.15, -0.1) is 0 Å². The van der Waals surface area contributed by atoms with Gasteiger partial charge in [0, 0.05) is 13.2 Å². The van der Waals surface area contributed by atoms with Gasteiger partial charge >= 0.3 is 0 Å². The van der Waals surface area contributed by atoms with Gasteiger partial charge in [0.05, 0.1) is 24.1 Å². The van der Waals surface area contributed by atoms with Gasteiger partial charge in [0.1, 0.15) is 5.82 Å². The Labute approximate surface area is 89.0 Å². The summed E-state index contributed by atoms with van der Waals surface area (Å²) in [5.41, 5.74) is 2.00. The maximum atomic E-state index is 4.34. The number of pyridine rings is 1. The standard InChI is InChI=1S/C11H14N4/c1-12-8-11-14-7-10(15(11)2)9-5-3-4-6-13-9/h3-7,12H,8H2,1-2H3. The highest BCUT2D eigenvalue weighted by Crippen LogP contribution is 2.16. The van der Waals surface area contributed by atoms with E-state index in [1.807, 2.05) is 38.5 Å². The molecule has 0 aliphatic carbocycles. The molecule has 15 heavy (non-hydrogen) atoms. The summed E-state index contributed by atoms with van der Waals surface area (Å²) in [6.07, 6.45) is 3.65. The minimum atomic E-state index is 0.767. The molecule has 4 nitrogen and oxygen atoms in total. The topological polar surface area (TPSA) is 42.7 Å². The van der Waals surface area contributed by atoms with Crippen LogP contribution in [-0.2, 0) is 13.6 Å². The lowest BCUT2D eigenvalue weighted by Gasteiger charge is -2.04. The molecule has 78 valence electrons. The third-order valence-corrected chi connectivity index (χ3v) is 2.35. The molecule has 0 fully saturated rings. The van der Waals surface area contributed by atoms with Crippen LogP contribution < -0.4 is 5.32 Å². The summed E-state index contributed by atoms with van der Waals surface area (Å²) in [7, 11) is 3.92. The summed E-state index contributed by atoms with van der Waals surface area (Å²) in [6, 6.07) is 5.88. The fraction of sp³-hybridized carbons (Fsp3) is 0.273. The van der Waals surface area contributed by atoms with Crippen molar-refractivity contribution >= 4 is 0 Å². The van der Waals surface area contributed by atoms with Gasteiger partial charge in [-0.3, -0.25) is 4.98 Å². The maximum absolute atomic E-state index is 4.34. The van der Waals surface area contributed by atoms with E-state index in [9.17, 15) is 0 Å². The van der Waals surface area contributed by atoms with E-state index >= 15 is 0 Å². The van der Waals surface area contributed by atoms with Crippen LogP contribution in [0.3, 0.4) is 0 Å². The summed E-state index contributed by atoms with van der Waals surface area (Å²) in [6.45, 7) is 0.767. The monoisotopic (exact) mass is 202 g/mol. The molecule has 0 amide bonds. The SMILES string of the molecule is CNCc1ncc(-c2ccccn2)n1C. The van der Waals surface area contributed by atoms with Gasteiger partial charge in [-0.25, -0.2) is 4.98 Å². The van der Waals surface area contributed by atoms with Gasteiger partial charge in [0.2, 0.25) is 0 Å². The molecular formula is C11H14N4. The molecule has 4 heteroatoms. The number of nitrogens with zero attached hydrogens (tertiary/aromatic N) is 3. The normalized spacial score (nSPS) is 10.5. The largest absolute Gasteiger partial charge is 0.329 e. The molecule has 0 radical (unpaired) electrons. The molecule has 0 saturated heterocycles. The maximum Gasteiger partial charge on any atom is 0.122 e. The molecule has 0 aliphatic rings. The van der Waals surface area contributed by atoms with E-state index in [1.54, 1.807) is 6.20 Å². The molecule has 0 saturated carbocycles. The molecule has 0 aliphatic heterocycles. The first-order valence-corrected chi connectivity index (χ1v) is 4.89. The van der Waals surface area contributed by atoms with Crippen LogP contribution in [-0.4, -0.2) is 21.6 Å². The highest BCUT2D eigenvalue weighted by Gasteiger charge is 2.07. The van der Waals surface area contributed by atoms with Crippen LogP contribution in [0.4, 0.5) is 0 Å². The van der Waals surface area contributed by atoms with Crippen molar-refractivity contribution in [3.05, 3.63) is 36.4 Å². The Morgan fingerprint density at radius 2 is 2.20 bits per heavy atom. The van der Waals surface area contributed by atoms with Gasteiger partial charge in [0.25, 0.3) is 0 Å². The zero-order valence-electron chi connectivity index (χ0n) is 8.94. The molecule has 0 bridgehead atoms. The molecule has 2 heterocycles. The molecule has 0 spiro atoms. The molecule has 0 unspecified atom stereocenters. The second-order valence-electron chi connectivity index (χ2n) is 3.36. The minimum absolute atomic E-state index is 0.767. The van der Waals surface area contributed by atoms with Crippen molar-refractivity contribution in [1.29, 1.82) is 0 Å². The lowest BCUT2D eigenvalue weighted by Crippen LogP contribution is -2.10. The number of rotatable bonds is 3. The Balaban J connectivity index is 2.38. The van der Waals surface area contributed by atoms with Gasteiger partial charge in [-0.05, 0) is 19.2 Å². The number of imidazole rings is 1. The van der Waals surface area contributed by atoms with Crippen LogP contribution in [0.25, 0.3) is 11.4 Å². The van der Waals surface area contributed by atoms with E-state index in [0.717, 1.165) is 23.8 Å². The van der Waals surface area contributed by atoms with Crippen LogP contribution in [0.5, 0.6) is 0 Å². The Kier molecular flexibility index (Phi) is 2.78. The molecule has 0 aromatic carbocycles. The zero-order chi connectivity index (χ0) is 10.7. The Morgan fingerprint density at radius 1 is 1.33 bits per heavy atom. The van der Waals surface area contributed by atoms with E-state index in [2.05, 4.69) is 19.9 Å². The minimum Gasteiger partial charge on any atom is -0.329 e. The fourth-order valence-electron chi connectivity index (χ4n) is 1.52. The lowest BCUT2D eigenvalue weighted by molar-refractivity contribution is 0.711. The van der Waals surface area contributed by atoms with E-state index < -0.39 is 0 Å². The predicted molar refractivity (Wildman–Crippen MR) is 59.2 cm³/mol. The molecule has 0 atom stereocenters. The fourth-order valence-corrected chi connectivity index (χ4v) is 1.52. The van der Waals surface area contributed by atoms with Crippen LogP contribution in [0.1, 0.15) is 5.82 Å². The lowest BCUT2D eigenvalue weighted by atomic mass is 10.3. The summed E-state index contributed by atoms with van der Waals surface area (Å²) in [4.78, 5) is 8.64. The van der Waals surface area contributed by atoms with Crippen molar-refractivity contribution in [1.82, 2.24) is 19.9 Å². The highest BCUT2D eigenvalue weighted by molar-refractivity contribution is 5.53. The summed E-state index contributed by atoms with van der Waals surface area (Å²) in [5, 5.41) is 3.09. The summed E-state index contributed by atoms with van der Waals surface area (Å²) < 4.78 is 2.05. The third kappa shape index (κ3) is 1.89. The smallest absolute Gasteiger partial charge is 0.122 e. The summed E-state index contributed by atoms with van der Waals surface area (Å²) >= 11 is 0. The quantitative estimate of drug-likeness (QED) is 0.813. The molecular weight excluding hydrogens is 188 g/mol. The van der Waals surface area contributed by atoms with E-state index in [-0.39, 0.29) is 0 Å². The van der Waals surface area contributed by atoms with Crippen molar-refractivity contribution in [2.75, 3.05) is 7.05 Å². The third-order valence-electron chi connectivity index (χ3n) is 2.35. The average Bonchev–Trinajstić information content (AvgIpc) is 2.63. The predicted octanol–water partition coefficient (Wildman–Crippen LogP) is 1.20. The van der Waals surface area contributed by atoms with Crippen molar-refractivity contribution in [2.45, 2.75) is 6.54 Å². The second kappa shape index (κ2) is 4.23. The van der Waals surface area contributed by atoms with Crippen LogP contribution in [0, 0.1) is 0 Å². The number of nitrogens with one attached hydrogen (secondary N) is 1. The van der Waals surface area contributed by atoms with Gasteiger partial charge < -0.3 is 9.88 Å². The van der Waals surface area contributed by atoms with Crippen molar-refractivity contribution in [2.24, 2.45) is 7.05 Å². The summed E-state index contributed by atoms with van der Waals surface area (Å²) in [5.74, 6) is 1.01. The first-order valence-electron chi connectivity index (χ1n) is 4.89. The van der Waals surface area contributed by atoms with Crippen LogP contribution in [0.15, 0.2) is 30.6 Å². The van der Waals surface area contributed by atoms with Crippen LogP contribution >= 0.6 is 0 Å². The van der Waals surface area contributed by atoms with Crippen molar-refractivity contribution in [3.8, 4) is 11.4 Å². The molecule has 2 aromatic heterocycles. The molecule has 1 N–H and O–H groups in total. The van der Waals surface area contributed by atoms with Gasteiger partial charge in [-0.1, -0.05) is 6.07 Å². The van der Waals surface area contributed by atoms with E-state index in [1.165, 1.54) is 0 Å². The number of aromatic nitrogens is 3. The first-order chi connectivity index (χ1) is 7.33. The number of hydrogen-bond acceptors (Lipinski definition) is 3. The first kappa shape index (κ1) is 9.86. The van der Waals surface area contributed by atoms with Gasteiger partial charge in [0.15, 0.2) is 0 Å². The zero-order valence-corrected chi connectivity index (χ0v) is 8.94. The van der Waals surface area contributed by atoms with E-state index in [4.69, 9.17) is 0 Å². The molecule has 2 aromatic rings. The van der Waals surface area contributed by atoms with Crippen LogP contribution in [0.2, 0.25) is 0 Å². The van der Waals surface area contributed by atoms with Gasteiger partial charge in [-0.2, -0.15) is 0 Å². The number of hydrogen-bond donors (Lipinski definition) is 1. The highest BCUT2D eigenvalue weighted by atomic mass is 15.1. The average molecular weight is 202 g/mol. The Hall–Kier alpha value is -1.68.